The molecule has 0 heterocycles. The van der Waals surface area contributed by atoms with E-state index in [0.717, 1.165) is 31.0 Å². The van der Waals surface area contributed by atoms with E-state index >= 15 is 0 Å². The second-order valence-corrected chi connectivity index (χ2v) is 4.24. The van der Waals surface area contributed by atoms with Crippen molar-refractivity contribution in [2.45, 2.75) is 13.3 Å². The van der Waals surface area contributed by atoms with E-state index in [0.29, 0.717) is 6.61 Å². The molecule has 0 spiro atoms. The van der Waals surface area contributed by atoms with Crippen LogP contribution in [0.4, 0.5) is 0 Å². The third-order valence-corrected chi connectivity index (χ3v) is 2.88. The Hall–Kier alpha value is 0.0700. The van der Waals surface area contributed by atoms with E-state index < -0.39 is 10.8 Å². The third kappa shape index (κ3) is 8.17. The van der Waals surface area contributed by atoms with Gasteiger partial charge in [0.2, 0.25) is 0 Å². The van der Waals surface area contributed by atoms with Crippen LogP contribution in [-0.2, 0) is 15.5 Å². The van der Waals surface area contributed by atoms with Gasteiger partial charge < -0.3 is 10.1 Å². The maximum atomic E-state index is 11.2. The molecule has 3 nitrogen and oxygen atoms in total. The van der Waals surface area contributed by atoms with Crippen molar-refractivity contribution in [3.63, 3.8) is 0 Å². The molecule has 12 heavy (non-hydrogen) atoms. The first kappa shape index (κ1) is 12.1. The molecule has 74 valence electrons. The molecule has 0 aliphatic rings. The molecule has 1 unspecified atom stereocenters. The summed E-state index contributed by atoms with van der Waals surface area (Å²) < 4.78 is 16.1. The number of nitrogens with one attached hydrogen (secondary N) is 1. The Kier molecular flexibility index (Phi) is 9.21. The molecule has 0 saturated carbocycles. The molecule has 0 bridgehead atoms. The standard InChI is InChI=1S/C8H19NO2S/c1-3-9-5-8-12(10)7-4-6-11-2/h9H,3-8H2,1-2H3. The Morgan fingerprint density at radius 3 is 2.75 bits per heavy atom. The molecule has 0 aliphatic heterocycles. The predicted molar refractivity (Wildman–Crippen MR) is 52.9 cm³/mol. The van der Waals surface area contributed by atoms with Crippen LogP contribution in [0, 0.1) is 0 Å². The van der Waals surface area contributed by atoms with Gasteiger partial charge in [0, 0.05) is 42.6 Å². The van der Waals surface area contributed by atoms with Gasteiger partial charge in [-0.05, 0) is 13.0 Å². The monoisotopic (exact) mass is 193 g/mol. The minimum atomic E-state index is -0.665. The van der Waals surface area contributed by atoms with E-state index in [4.69, 9.17) is 4.74 Å². The summed E-state index contributed by atoms with van der Waals surface area (Å²) in [4.78, 5) is 0. The summed E-state index contributed by atoms with van der Waals surface area (Å²) in [7, 11) is 1.00. The molecule has 1 N–H and O–H groups in total. The lowest BCUT2D eigenvalue weighted by atomic mass is 10.5. The number of hydrogen-bond acceptors (Lipinski definition) is 3. The smallest absolute Gasteiger partial charge is 0.0471 e. The van der Waals surface area contributed by atoms with Gasteiger partial charge in [0.05, 0.1) is 0 Å². The Bertz CT molecular complexity index is 108. The SMILES string of the molecule is CCNCCS(=O)CCCOC. The predicted octanol–water partition coefficient (Wildman–Crippen LogP) is 0.381. The summed E-state index contributed by atoms with van der Waals surface area (Å²) >= 11 is 0. The first-order valence-electron chi connectivity index (χ1n) is 4.36. The molecule has 0 aromatic rings. The molecule has 0 fully saturated rings. The van der Waals surface area contributed by atoms with Crippen LogP contribution in [0.2, 0.25) is 0 Å². The minimum Gasteiger partial charge on any atom is -0.385 e. The molecule has 0 amide bonds. The van der Waals surface area contributed by atoms with Crippen LogP contribution in [0.3, 0.4) is 0 Å². The Balaban J connectivity index is 3.10. The van der Waals surface area contributed by atoms with E-state index in [1.807, 2.05) is 6.92 Å². The quantitative estimate of drug-likeness (QED) is 0.566. The third-order valence-electron chi connectivity index (χ3n) is 1.48. The molecule has 0 radical (unpaired) electrons. The van der Waals surface area contributed by atoms with Crippen LogP contribution in [0.1, 0.15) is 13.3 Å². The molecular weight excluding hydrogens is 174 g/mol. The Morgan fingerprint density at radius 2 is 2.17 bits per heavy atom. The lowest BCUT2D eigenvalue weighted by molar-refractivity contribution is 0.200. The fourth-order valence-corrected chi connectivity index (χ4v) is 1.85. The topological polar surface area (TPSA) is 38.3 Å². The van der Waals surface area contributed by atoms with E-state index in [1.54, 1.807) is 7.11 Å². The van der Waals surface area contributed by atoms with Gasteiger partial charge in [0.1, 0.15) is 0 Å². The van der Waals surface area contributed by atoms with E-state index in [1.165, 1.54) is 0 Å². The van der Waals surface area contributed by atoms with Crippen molar-refractivity contribution in [3.8, 4) is 0 Å². The van der Waals surface area contributed by atoms with Crippen molar-refractivity contribution in [2.75, 3.05) is 38.3 Å². The Morgan fingerprint density at radius 1 is 1.42 bits per heavy atom. The fourth-order valence-electron chi connectivity index (χ4n) is 0.829. The van der Waals surface area contributed by atoms with Crippen LogP contribution in [0.25, 0.3) is 0 Å². The van der Waals surface area contributed by atoms with Crippen molar-refractivity contribution < 1.29 is 8.95 Å². The van der Waals surface area contributed by atoms with E-state index in [9.17, 15) is 4.21 Å². The average molecular weight is 193 g/mol. The molecule has 0 aromatic carbocycles. The van der Waals surface area contributed by atoms with Crippen molar-refractivity contribution in [1.82, 2.24) is 5.32 Å². The molecule has 1 atom stereocenters. The van der Waals surface area contributed by atoms with Crippen LogP contribution in [0.5, 0.6) is 0 Å². The van der Waals surface area contributed by atoms with Gasteiger partial charge in [0.25, 0.3) is 0 Å². The summed E-state index contributed by atoms with van der Waals surface area (Å²) in [6.45, 7) is 4.58. The molecular formula is C8H19NO2S. The normalized spacial score (nSPS) is 13.2. The highest BCUT2D eigenvalue weighted by Gasteiger charge is 1.97. The lowest BCUT2D eigenvalue weighted by Crippen LogP contribution is -2.21. The van der Waals surface area contributed by atoms with Crippen molar-refractivity contribution >= 4 is 10.8 Å². The number of rotatable bonds is 8. The van der Waals surface area contributed by atoms with Crippen molar-refractivity contribution in [3.05, 3.63) is 0 Å². The van der Waals surface area contributed by atoms with Gasteiger partial charge in [-0.1, -0.05) is 6.92 Å². The summed E-state index contributed by atoms with van der Waals surface area (Å²) in [5.41, 5.74) is 0. The van der Waals surface area contributed by atoms with Gasteiger partial charge in [0.15, 0.2) is 0 Å². The highest BCUT2D eigenvalue weighted by molar-refractivity contribution is 7.84. The molecule has 0 rings (SSSR count). The lowest BCUT2D eigenvalue weighted by Gasteiger charge is -2.02. The van der Waals surface area contributed by atoms with Gasteiger partial charge in [-0.3, -0.25) is 4.21 Å². The van der Waals surface area contributed by atoms with Crippen LogP contribution in [-0.4, -0.2) is 42.5 Å². The second kappa shape index (κ2) is 9.16. The van der Waals surface area contributed by atoms with Crippen LogP contribution in [0.15, 0.2) is 0 Å². The number of hydrogen-bond donors (Lipinski definition) is 1. The zero-order valence-corrected chi connectivity index (χ0v) is 8.78. The first-order valence-corrected chi connectivity index (χ1v) is 5.84. The fraction of sp³-hybridized carbons (Fsp3) is 1.00. The van der Waals surface area contributed by atoms with Gasteiger partial charge in [-0.15, -0.1) is 0 Å². The van der Waals surface area contributed by atoms with Gasteiger partial charge in [-0.25, -0.2) is 0 Å². The minimum absolute atomic E-state index is 0.665. The summed E-state index contributed by atoms with van der Waals surface area (Å²) in [5, 5.41) is 3.15. The Labute approximate surface area is 77.3 Å². The second-order valence-electron chi connectivity index (χ2n) is 2.55. The first-order chi connectivity index (χ1) is 5.81. The zero-order chi connectivity index (χ0) is 9.23. The molecule has 0 aliphatic carbocycles. The summed E-state index contributed by atoms with van der Waals surface area (Å²) in [5.74, 6) is 1.52. The summed E-state index contributed by atoms with van der Waals surface area (Å²) in [6, 6.07) is 0. The molecule has 0 saturated heterocycles. The highest BCUT2D eigenvalue weighted by atomic mass is 32.2. The number of ether oxygens (including phenoxy) is 1. The number of methoxy groups -OCH3 is 1. The molecule has 0 aromatic heterocycles. The van der Waals surface area contributed by atoms with Gasteiger partial charge in [-0.2, -0.15) is 0 Å². The van der Waals surface area contributed by atoms with E-state index in [-0.39, 0.29) is 0 Å². The maximum absolute atomic E-state index is 11.2. The zero-order valence-electron chi connectivity index (χ0n) is 7.97. The maximum Gasteiger partial charge on any atom is 0.0471 e. The summed E-state index contributed by atoms with van der Waals surface area (Å²) in [6.07, 6.45) is 0.898. The van der Waals surface area contributed by atoms with Crippen molar-refractivity contribution in [2.24, 2.45) is 0 Å². The van der Waals surface area contributed by atoms with Crippen LogP contribution < -0.4 is 5.32 Å². The average Bonchev–Trinajstić information content (AvgIpc) is 2.06. The van der Waals surface area contributed by atoms with Crippen molar-refractivity contribution in [1.29, 1.82) is 0 Å². The van der Waals surface area contributed by atoms with E-state index in [2.05, 4.69) is 5.32 Å². The largest absolute Gasteiger partial charge is 0.385 e. The van der Waals surface area contributed by atoms with Crippen LogP contribution >= 0.6 is 0 Å². The molecule has 4 heteroatoms. The highest BCUT2D eigenvalue weighted by Crippen LogP contribution is 1.87. The van der Waals surface area contributed by atoms with Gasteiger partial charge >= 0.3 is 0 Å².